The summed E-state index contributed by atoms with van der Waals surface area (Å²) in [5.41, 5.74) is 2.28. The first kappa shape index (κ1) is 12.1. The van der Waals surface area contributed by atoms with Gasteiger partial charge in [-0.05, 0) is 31.7 Å². The average Bonchev–Trinajstić information content (AvgIpc) is 2.35. The molecule has 2 atom stereocenters. The number of aliphatic hydroxyl groups is 1. The fourth-order valence-corrected chi connectivity index (χ4v) is 2.89. The highest BCUT2D eigenvalue weighted by Gasteiger charge is 2.46. The first-order valence-electron chi connectivity index (χ1n) is 6.24. The zero-order valence-corrected chi connectivity index (χ0v) is 10.4. The summed E-state index contributed by atoms with van der Waals surface area (Å²) >= 11 is 0. The summed E-state index contributed by atoms with van der Waals surface area (Å²) in [5, 5.41) is 10.6. The highest BCUT2D eigenvalue weighted by atomic mass is 16.3. The van der Waals surface area contributed by atoms with E-state index in [1.807, 2.05) is 36.4 Å². The van der Waals surface area contributed by atoms with Gasteiger partial charge in [0, 0.05) is 5.41 Å². The molecule has 0 bridgehead atoms. The standard InChI is InChI=1S/C16H20O/c1-3-11-16(12-10-14(16)4-2)15(17)13-8-6-5-7-9-13/h3-9,15,17H,1,10-12H2,2H3/b14-4+/t15-,16-/m0/s1. The molecule has 1 aromatic rings. The second-order valence-electron chi connectivity index (χ2n) is 4.78. The number of benzene rings is 1. The number of rotatable bonds is 4. The predicted molar refractivity (Wildman–Crippen MR) is 71.6 cm³/mol. The van der Waals surface area contributed by atoms with E-state index in [-0.39, 0.29) is 5.41 Å². The monoisotopic (exact) mass is 228 g/mol. The predicted octanol–water partition coefficient (Wildman–Crippen LogP) is 4.02. The van der Waals surface area contributed by atoms with Crippen molar-refractivity contribution in [3.63, 3.8) is 0 Å². The van der Waals surface area contributed by atoms with E-state index >= 15 is 0 Å². The van der Waals surface area contributed by atoms with Crippen LogP contribution in [0.15, 0.2) is 54.6 Å². The molecule has 0 spiro atoms. The molecule has 2 rings (SSSR count). The van der Waals surface area contributed by atoms with Crippen LogP contribution in [0.4, 0.5) is 0 Å². The van der Waals surface area contributed by atoms with E-state index in [4.69, 9.17) is 0 Å². The maximum Gasteiger partial charge on any atom is 0.0886 e. The molecule has 17 heavy (non-hydrogen) atoms. The van der Waals surface area contributed by atoms with Gasteiger partial charge in [0.2, 0.25) is 0 Å². The van der Waals surface area contributed by atoms with Gasteiger partial charge in [0.1, 0.15) is 0 Å². The molecular formula is C16H20O. The van der Waals surface area contributed by atoms with Gasteiger partial charge in [-0.3, -0.25) is 0 Å². The van der Waals surface area contributed by atoms with Crippen LogP contribution in [-0.2, 0) is 0 Å². The van der Waals surface area contributed by atoms with Crippen molar-refractivity contribution in [2.24, 2.45) is 5.41 Å². The van der Waals surface area contributed by atoms with Crippen LogP contribution < -0.4 is 0 Å². The van der Waals surface area contributed by atoms with Crippen LogP contribution in [0.2, 0.25) is 0 Å². The molecule has 1 fully saturated rings. The molecule has 1 saturated carbocycles. The SMILES string of the molecule is C=CC[C@]1([C@@H](O)c2ccccc2)CC/C1=C\C. The Morgan fingerprint density at radius 3 is 2.59 bits per heavy atom. The maximum atomic E-state index is 10.6. The van der Waals surface area contributed by atoms with Gasteiger partial charge < -0.3 is 5.11 Å². The van der Waals surface area contributed by atoms with E-state index < -0.39 is 6.10 Å². The van der Waals surface area contributed by atoms with Crippen LogP contribution >= 0.6 is 0 Å². The highest BCUT2D eigenvalue weighted by molar-refractivity contribution is 5.32. The lowest BCUT2D eigenvalue weighted by molar-refractivity contribution is 0.0135. The Hall–Kier alpha value is -1.34. The maximum absolute atomic E-state index is 10.6. The van der Waals surface area contributed by atoms with Crippen molar-refractivity contribution in [2.45, 2.75) is 32.3 Å². The summed E-state index contributed by atoms with van der Waals surface area (Å²) in [5.74, 6) is 0. The summed E-state index contributed by atoms with van der Waals surface area (Å²) < 4.78 is 0. The third kappa shape index (κ3) is 1.96. The normalized spacial score (nSPS) is 27.5. The Kier molecular flexibility index (Phi) is 3.49. The Morgan fingerprint density at radius 1 is 1.41 bits per heavy atom. The Bertz CT molecular complexity index is 418. The van der Waals surface area contributed by atoms with Crippen molar-refractivity contribution in [2.75, 3.05) is 0 Å². The number of aliphatic hydroxyl groups excluding tert-OH is 1. The van der Waals surface area contributed by atoms with Gasteiger partial charge in [-0.1, -0.05) is 48.1 Å². The largest absolute Gasteiger partial charge is 0.387 e. The Balaban J connectivity index is 2.32. The molecule has 0 heterocycles. The van der Waals surface area contributed by atoms with Crippen molar-refractivity contribution in [3.8, 4) is 0 Å². The number of hydrogen-bond acceptors (Lipinski definition) is 1. The van der Waals surface area contributed by atoms with Crippen molar-refractivity contribution in [1.29, 1.82) is 0 Å². The van der Waals surface area contributed by atoms with Crippen molar-refractivity contribution in [1.82, 2.24) is 0 Å². The topological polar surface area (TPSA) is 20.2 Å². The lowest BCUT2D eigenvalue weighted by atomic mass is 9.58. The van der Waals surface area contributed by atoms with Gasteiger partial charge in [-0.25, -0.2) is 0 Å². The van der Waals surface area contributed by atoms with Crippen LogP contribution in [0, 0.1) is 5.41 Å². The molecule has 0 radical (unpaired) electrons. The molecule has 90 valence electrons. The molecule has 0 amide bonds. The highest BCUT2D eigenvalue weighted by Crippen LogP contribution is 2.56. The van der Waals surface area contributed by atoms with E-state index in [0.29, 0.717) is 0 Å². The van der Waals surface area contributed by atoms with Gasteiger partial charge in [-0.15, -0.1) is 6.58 Å². The summed E-state index contributed by atoms with van der Waals surface area (Å²) in [6, 6.07) is 9.94. The molecule has 0 aromatic heterocycles. The molecule has 0 unspecified atom stereocenters. The van der Waals surface area contributed by atoms with Crippen LogP contribution in [0.1, 0.15) is 37.9 Å². The zero-order chi connectivity index (χ0) is 12.3. The minimum atomic E-state index is -0.415. The van der Waals surface area contributed by atoms with E-state index in [1.165, 1.54) is 5.57 Å². The molecule has 0 saturated heterocycles. The first-order chi connectivity index (χ1) is 8.24. The van der Waals surface area contributed by atoms with E-state index in [9.17, 15) is 5.11 Å². The third-order valence-corrected chi connectivity index (χ3v) is 3.98. The molecule has 1 nitrogen and oxygen atoms in total. The van der Waals surface area contributed by atoms with E-state index in [0.717, 1.165) is 24.8 Å². The summed E-state index contributed by atoms with van der Waals surface area (Å²) in [6.45, 7) is 5.89. The minimum absolute atomic E-state index is 0.0994. The fraction of sp³-hybridized carbons (Fsp3) is 0.375. The van der Waals surface area contributed by atoms with Crippen LogP contribution in [0.25, 0.3) is 0 Å². The lowest BCUT2D eigenvalue weighted by Gasteiger charge is -2.48. The van der Waals surface area contributed by atoms with Gasteiger partial charge in [0.15, 0.2) is 0 Å². The molecule has 1 N–H and O–H groups in total. The van der Waals surface area contributed by atoms with Gasteiger partial charge >= 0.3 is 0 Å². The van der Waals surface area contributed by atoms with E-state index in [2.05, 4.69) is 19.6 Å². The van der Waals surface area contributed by atoms with Gasteiger partial charge in [0.25, 0.3) is 0 Å². The quantitative estimate of drug-likeness (QED) is 0.772. The van der Waals surface area contributed by atoms with Crippen LogP contribution in [0.5, 0.6) is 0 Å². The van der Waals surface area contributed by atoms with Crippen LogP contribution in [-0.4, -0.2) is 5.11 Å². The lowest BCUT2D eigenvalue weighted by Crippen LogP contribution is -2.38. The van der Waals surface area contributed by atoms with E-state index in [1.54, 1.807) is 0 Å². The summed E-state index contributed by atoms with van der Waals surface area (Å²) in [7, 11) is 0. The van der Waals surface area contributed by atoms with Crippen molar-refractivity contribution in [3.05, 3.63) is 60.2 Å². The summed E-state index contributed by atoms with van der Waals surface area (Å²) in [4.78, 5) is 0. The Labute approximate surface area is 103 Å². The molecule has 1 aliphatic rings. The smallest absolute Gasteiger partial charge is 0.0886 e. The minimum Gasteiger partial charge on any atom is -0.387 e. The average molecular weight is 228 g/mol. The first-order valence-corrected chi connectivity index (χ1v) is 6.24. The number of hydrogen-bond donors (Lipinski definition) is 1. The zero-order valence-electron chi connectivity index (χ0n) is 10.4. The fourth-order valence-electron chi connectivity index (χ4n) is 2.89. The molecule has 1 aromatic carbocycles. The second kappa shape index (κ2) is 4.89. The second-order valence-corrected chi connectivity index (χ2v) is 4.78. The third-order valence-electron chi connectivity index (χ3n) is 3.98. The summed E-state index contributed by atoms with van der Waals surface area (Å²) in [6.07, 6.45) is 6.67. The van der Waals surface area contributed by atoms with Gasteiger partial charge in [-0.2, -0.15) is 0 Å². The Morgan fingerprint density at radius 2 is 2.12 bits per heavy atom. The van der Waals surface area contributed by atoms with Gasteiger partial charge in [0.05, 0.1) is 6.10 Å². The molecular weight excluding hydrogens is 208 g/mol. The van der Waals surface area contributed by atoms with Crippen molar-refractivity contribution < 1.29 is 5.11 Å². The molecule has 1 heteroatoms. The molecule has 0 aliphatic heterocycles. The van der Waals surface area contributed by atoms with Crippen LogP contribution in [0.3, 0.4) is 0 Å². The number of allylic oxidation sites excluding steroid dienone is 2. The van der Waals surface area contributed by atoms with Crippen molar-refractivity contribution >= 4 is 0 Å². The molecule has 1 aliphatic carbocycles.